The second-order valence-electron chi connectivity index (χ2n) is 6.51. The summed E-state index contributed by atoms with van der Waals surface area (Å²) in [7, 11) is 3.21. The van der Waals surface area contributed by atoms with Gasteiger partial charge in [-0.15, -0.1) is 0 Å². The summed E-state index contributed by atoms with van der Waals surface area (Å²) in [6.45, 7) is 0.431. The van der Waals surface area contributed by atoms with E-state index in [1.54, 1.807) is 14.2 Å². The molecule has 0 aromatic heterocycles. The van der Waals surface area contributed by atoms with Gasteiger partial charge in [0.2, 0.25) is 0 Å². The summed E-state index contributed by atoms with van der Waals surface area (Å²) in [4.78, 5) is 12.4. The summed E-state index contributed by atoms with van der Waals surface area (Å²) in [5, 5.41) is 6.07. The first-order valence-electron chi connectivity index (χ1n) is 9.04. The molecule has 0 heterocycles. The van der Waals surface area contributed by atoms with Gasteiger partial charge in [-0.3, -0.25) is 0 Å². The van der Waals surface area contributed by atoms with Crippen LogP contribution in [0.4, 0.5) is 4.79 Å². The van der Waals surface area contributed by atoms with Crippen molar-refractivity contribution >= 4 is 6.03 Å². The molecular weight excluding hydrogens is 328 g/mol. The molecule has 0 fully saturated rings. The Labute approximate surface area is 154 Å². The van der Waals surface area contributed by atoms with Gasteiger partial charge in [-0.1, -0.05) is 36.8 Å². The maximum atomic E-state index is 12.4. The monoisotopic (exact) mass is 354 g/mol. The first-order valence-corrected chi connectivity index (χ1v) is 9.04. The molecule has 1 atom stereocenters. The number of benzene rings is 2. The van der Waals surface area contributed by atoms with E-state index in [0.29, 0.717) is 18.0 Å². The van der Waals surface area contributed by atoms with Crippen molar-refractivity contribution in [3.05, 3.63) is 59.2 Å². The predicted molar refractivity (Wildman–Crippen MR) is 102 cm³/mol. The van der Waals surface area contributed by atoms with Crippen molar-refractivity contribution in [2.24, 2.45) is 0 Å². The average molecular weight is 354 g/mol. The van der Waals surface area contributed by atoms with E-state index >= 15 is 0 Å². The Bertz CT molecular complexity index is 761. The van der Waals surface area contributed by atoms with Gasteiger partial charge in [0, 0.05) is 6.54 Å². The molecule has 26 heavy (non-hydrogen) atoms. The number of nitrogens with one attached hydrogen (secondary N) is 2. The molecule has 2 amide bonds. The van der Waals surface area contributed by atoms with E-state index in [-0.39, 0.29) is 12.1 Å². The summed E-state index contributed by atoms with van der Waals surface area (Å²) < 4.78 is 10.5. The highest BCUT2D eigenvalue weighted by molar-refractivity contribution is 5.74. The van der Waals surface area contributed by atoms with Gasteiger partial charge in [-0.2, -0.15) is 0 Å². The molecule has 1 unspecified atom stereocenters. The lowest BCUT2D eigenvalue weighted by atomic mass is 9.99. The second-order valence-corrected chi connectivity index (χ2v) is 6.51. The summed E-state index contributed by atoms with van der Waals surface area (Å²) in [6.07, 6.45) is 4.35. The van der Waals surface area contributed by atoms with Crippen molar-refractivity contribution in [3.63, 3.8) is 0 Å². The van der Waals surface area contributed by atoms with Crippen molar-refractivity contribution in [1.82, 2.24) is 10.6 Å². The van der Waals surface area contributed by atoms with Crippen molar-refractivity contribution in [2.75, 3.05) is 14.2 Å². The van der Waals surface area contributed by atoms with Crippen LogP contribution in [-0.2, 0) is 13.0 Å². The molecule has 1 aliphatic carbocycles. The van der Waals surface area contributed by atoms with E-state index in [4.69, 9.17) is 9.47 Å². The van der Waals surface area contributed by atoms with E-state index in [1.807, 2.05) is 24.3 Å². The number of fused-ring (bicyclic) bond motifs is 1. The third-order valence-corrected chi connectivity index (χ3v) is 4.83. The molecule has 2 aromatic rings. The van der Waals surface area contributed by atoms with Crippen LogP contribution in [0.2, 0.25) is 0 Å². The normalized spacial score (nSPS) is 16.2. The zero-order chi connectivity index (χ0) is 18.4. The van der Waals surface area contributed by atoms with E-state index in [1.165, 1.54) is 17.5 Å². The van der Waals surface area contributed by atoms with Crippen LogP contribution in [0, 0.1) is 0 Å². The maximum Gasteiger partial charge on any atom is 0.315 e. The van der Waals surface area contributed by atoms with Crippen LogP contribution in [0.3, 0.4) is 0 Å². The summed E-state index contributed by atoms with van der Waals surface area (Å²) in [5.74, 6) is 1.33. The SMILES string of the molecule is COc1ccc(CNC(=O)NC2CCCCc3ccccc32)cc1OC. The van der Waals surface area contributed by atoms with Crippen LogP contribution in [0.5, 0.6) is 11.5 Å². The number of ether oxygens (including phenoxy) is 2. The zero-order valence-electron chi connectivity index (χ0n) is 15.4. The molecule has 0 spiro atoms. The number of hydrogen-bond acceptors (Lipinski definition) is 3. The largest absolute Gasteiger partial charge is 0.493 e. The lowest BCUT2D eigenvalue weighted by molar-refractivity contribution is 0.236. The molecule has 2 N–H and O–H groups in total. The molecule has 2 aromatic carbocycles. The number of rotatable bonds is 5. The Morgan fingerprint density at radius 2 is 1.88 bits per heavy atom. The Kier molecular flexibility index (Phi) is 6.00. The minimum absolute atomic E-state index is 0.0686. The van der Waals surface area contributed by atoms with E-state index in [0.717, 1.165) is 24.8 Å². The number of hydrogen-bond donors (Lipinski definition) is 2. The van der Waals surface area contributed by atoms with Crippen LogP contribution in [0.15, 0.2) is 42.5 Å². The average Bonchev–Trinajstić information content (AvgIpc) is 2.88. The highest BCUT2D eigenvalue weighted by Crippen LogP contribution is 2.29. The third kappa shape index (κ3) is 4.28. The first-order chi connectivity index (χ1) is 12.7. The van der Waals surface area contributed by atoms with Crippen molar-refractivity contribution in [1.29, 1.82) is 0 Å². The zero-order valence-corrected chi connectivity index (χ0v) is 15.4. The van der Waals surface area contributed by atoms with Crippen LogP contribution in [-0.4, -0.2) is 20.3 Å². The number of amides is 2. The second kappa shape index (κ2) is 8.61. The molecular formula is C21H26N2O3. The minimum atomic E-state index is -0.151. The number of aryl methyl sites for hydroxylation is 1. The molecule has 3 rings (SSSR count). The highest BCUT2D eigenvalue weighted by atomic mass is 16.5. The lowest BCUT2D eigenvalue weighted by Gasteiger charge is -2.20. The van der Waals surface area contributed by atoms with Crippen LogP contribution in [0.25, 0.3) is 0 Å². The molecule has 5 heteroatoms. The molecule has 0 aliphatic heterocycles. The molecule has 0 saturated carbocycles. The maximum absolute atomic E-state index is 12.4. The molecule has 0 saturated heterocycles. The fourth-order valence-electron chi connectivity index (χ4n) is 3.45. The number of methoxy groups -OCH3 is 2. The smallest absolute Gasteiger partial charge is 0.315 e. The molecule has 0 bridgehead atoms. The number of carbonyl (C=O) groups excluding carboxylic acids is 1. The Hall–Kier alpha value is -2.69. The standard InChI is InChI=1S/C21H26N2O3/c1-25-19-12-11-15(13-20(19)26-2)14-22-21(24)23-18-10-6-4-8-16-7-3-5-9-17(16)18/h3,5,7,9,11-13,18H,4,6,8,10,14H2,1-2H3,(H2,22,23,24). The Morgan fingerprint density at radius 3 is 2.69 bits per heavy atom. The predicted octanol–water partition coefficient (Wildman–Crippen LogP) is 3.97. The summed E-state index contributed by atoms with van der Waals surface area (Å²) >= 11 is 0. The quantitative estimate of drug-likeness (QED) is 0.799. The fourth-order valence-corrected chi connectivity index (χ4v) is 3.45. The van der Waals surface area contributed by atoms with E-state index < -0.39 is 0 Å². The third-order valence-electron chi connectivity index (χ3n) is 4.83. The molecule has 0 radical (unpaired) electrons. The van der Waals surface area contributed by atoms with Gasteiger partial charge in [0.1, 0.15) is 0 Å². The summed E-state index contributed by atoms with van der Waals surface area (Å²) in [6, 6.07) is 14.0. The van der Waals surface area contributed by atoms with Gasteiger partial charge in [-0.05, 0) is 48.1 Å². The van der Waals surface area contributed by atoms with Gasteiger partial charge in [0.15, 0.2) is 11.5 Å². The Balaban J connectivity index is 1.61. The van der Waals surface area contributed by atoms with E-state index in [2.05, 4.69) is 28.8 Å². The van der Waals surface area contributed by atoms with Crippen molar-refractivity contribution in [3.8, 4) is 11.5 Å². The minimum Gasteiger partial charge on any atom is -0.493 e. The molecule has 5 nitrogen and oxygen atoms in total. The number of urea groups is 1. The van der Waals surface area contributed by atoms with Gasteiger partial charge in [-0.25, -0.2) is 4.79 Å². The Morgan fingerprint density at radius 1 is 1.08 bits per heavy atom. The fraction of sp³-hybridized carbons (Fsp3) is 0.381. The van der Waals surface area contributed by atoms with Gasteiger partial charge < -0.3 is 20.1 Å². The summed E-state index contributed by atoms with van der Waals surface area (Å²) in [5.41, 5.74) is 3.54. The van der Waals surface area contributed by atoms with Gasteiger partial charge >= 0.3 is 6.03 Å². The topological polar surface area (TPSA) is 59.6 Å². The van der Waals surface area contributed by atoms with Crippen molar-refractivity contribution < 1.29 is 14.3 Å². The van der Waals surface area contributed by atoms with Crippen molar-refractivity contribution in [2.45, 2.75) is 38.3 Å². The van der Waals surface area contributed by atoms with E-state index in [9.17, 15) is 4.79 Å². The molecule has 1 aliphatic rings. The number of carbonyl (C=O) groups is 1. The van der Waals surface area contributed by atoms with Crippen LogP contribution < -0.4 is 20.1 Å². The highest BCUT2D eigenvalue weighted by Gasteiger charge is 2.19. The van der Waals surface area contributed by atoms with Gasteiger partial charge in [0.05, 0.1) is 20.3 Å². The molecule has 138 valence electrons. The van der Waals surface area contributed by atoms with Gasteiger partial charge in [0.25, 0.3) is 0 Å². The lowest BCUT2D eigenvalue weighted by Crippen LogP contribution is -2.37. The van der Waals surface area contributed by atoms with Crippen LogP contribution >= 0.6 is 0 Å². The first kappa shape index (κ1) is 18.1. The van der Waals surface area contributed by atoms with Crippen LogP contribution in [0.1, 0.15) is 42.0 Å².